The molecule has 218 valence electrons. The van der Waals surface area contributed by atoms with Gasteiger partial charge in [0.1, 0.15) is 17.0 Å². The van der Waals surface area contributed by atoms with Gasteiger partial charge in [0.05, 0.1) is 25.5 Å². The van der Waals surface area contributed by atoms with Crippen LogP contribution in [0.15, 0.2) is 58.8 Å². The van der Waals surface area contributed by atoms with E-state index in [9.17, 15) is 14.7 Å². The van der Waals surface area contributed by atoms with Gasteiger partial charge in [-0.15, -0.1) is 5.10 Å². The molecule has 1 aliphatic carbocycles. The molecule has 12 heteroatoms. The number of nitrogens with one attached hydrogen (secondary N) is 1. The Kier molecular flexibility index (Phi) is 6.82. The molecular formula is C30H34N8O4. The number of hydrogen-bond donors (Lipinski definition) is 2. The molecule has 1 unspecified atom stereocenters. The molecule has 1 aliphatic rings. The van der Waals surface area contributed by atoms with E-state index in [-0.39, 0.29) is 34.9 Å². The van der Waals surface area contributed by atoms with Crippen LogP contribution in [0.25, 0.3) is 22.5 Å². The van der Waals surface area contributed by atoms with E-state index in [1.165, 1.54) is 20.4 Å². The summed E-state index contributed by atoms with van der Waals surface area (Å²) in [5.74, 6) is 0.745. The van der Waals surface area contributed by atoms with Crippen molar-refractivity contribution in [3.05, 3.63) is 86.7 Å². The molecular weight excluding hydrogens is 536 g/mol. The highest BCUT2D eigenvalue weighted by atomic mass is 16.5. The third-order valence-corrected chi connectivity index (χ3v) is 7.90. The molecule has 2 N–H and O–H groups in total. The van der Waals surface area contributed by atoms with Crippen LogP contribution < -0.4 is 16.4 Å². The van der Waals surface area contributed by atoms with Crippen molar-refractivity contribution in [3.63, 3.8) is 0 Å². The maximum absolute atomic E-state index is 13.7. The van der Waals surface area contributed by atoms with E-state index in [0.717, 1.165) is 12.8 Å². The smallest absolute Gasteiger partial charge is 0.280 e. The van der Waals surface area contributed by atoms with E-state index in [2.05, 4.69) is 34.5 Å². The van der Waals surface area contributed by atoms with Crippen molar-refractivity contribution in [1.29, 1.82) is 0 Å². The highest BCUT2D eigenvalue weighted by molar-refractivity contribution is 5.73. The zero-order valence-electron chi connectivity index (χ0n) is 24.3. The summed E-state index contributed by atoms with van der Waals surface area (Å²) in [6.07, 6.45) is 10.4. The Hall–Kier alpha value is -4.55. The largest absolute Gasteiger partial charge is 0.392 e. The fraction of sp³-hybridized carbons (Fsp3) is 0.367. The maximum atomic E-state index is 13.7. The van der Waals surface area contributed by atoms with Crippen molar-refractivity contribution >= 4 is 17.0 Å². The first-order valence-corrected chi connectivity index (χ1v) is 13.8. The average Bonchev–Trinajstić information content (AvgIpc) is 3.64. The lowest BCUT2D eigenvalue weighted by Gasteiger charge is -2.17. The summed E-state index contributed by atoms with van der Waals surface area (Å²) in [5, 5.41) is 21.9. The molecule has 0 saturated heterocycles. The van der Waals surface area contributed by atoms with Crippen LogP contribution in [-0.4, -0.2) is 52.3 Å². The SMILES string of the molecule is COCC(C)n1cc(Nc2cc(-c3ccnc(-n4ccn5c6c(cc5c4=O)CC(C)(C)C6)c3CO)cn(C)c2=O)nn1. The van der Waals surface area contributed by atoms with E-state index < -0.39 is 0 Å². The summed E-state index contributed by atoms with van der Waals surface area (Å²) in [4.78, 5) is 31.2. The molecule has 0 amide bonds. The second-order valence-corrected chi connectivity index (χ2v) is 11.8. The van der Waals surface area contributed by atoms with Gasteiger partial charge in [0, 0.05) is 55.8 Å². The first-order chi connectivity index (χ1) is 20.1. The van der Waals surface area contributed by atoms with E-state index in [0.29, 0.717) is 40.4 Å². The van der Waals surface area contributed by atoms with Gasteiger partial charge in [0.25, 0.3) is 11.1 Å². The van der Waals surface area contributed by atoms with Crippen LogP contribution in [-0.2, 0) is 31.2 Å². The van der Waals surface area contributed by atoms with Crippen LogP contribution in [0.3, 0.4) is 0 Å². The number of methoxy groups -OCH3 is 1. The van der Waals surface area contributed by atoms with Crippen molar-refractivity contribution in [3.8, 4) is 16.9 Å². The minimum absolute atomic E-state index is 0.0307. The molecule has 0 fully saturated rings. The Morgan fingerprint density at radius 1 is 1.14 bits per heavy atom. The summed E-state index contributed by atoms with van der Waals surface area (Å²) < 4.78 is 11.8. The topological polar surface area (TPSA) is 134 Å². The first-order valence-electron chi connectivity index (χ1n) is 13.8. The Morgan fingerprint density at radius 3 is 2.71 bits per heavy atom. The van der Waals surface area contributed by atoms with Gasteiger partial charge in [-0.2, -0.15) is 0 Å². The lowest BCUT2D eigenvalue weighted by Crippen LogP contribution is -2.23. The van der Waals surface area contributed by atoms with Gasteiger partial charge in [-0.1, -0.05) is 19.1 Å². The van der Waals surface area contributed by atoms with Crippen LogP contribution >= 0.6 is 0 Å². The van der Waals surface area contributed by atoms with E-state index in [1.54, 1.807) is 55.8 Å². The summed E-state index contributed by atoms with van der Waals surface area (Å²) >= 11 is 0. The van der Waals surface area contributed by atoms with Crippen LogP contribution in [0.2, 0.25) is 0 Å². The van der Waals surface area contributed by atoms with E-state index in [4.69, 9.17) is 4.74 Å². The van der Waals surface area contributed by atoms with Crippen molar-refractivity contribution in [2.75, 3.05) is 19.0 Å². The summed E-state index contributed by atoms with van der Waals surface area (Å²) in [6.45, 7) is 6.52. The minimum atomic E-state index is -0.362. The number of rotatable bonds is 8. The number of anilines is 2. The number of aliphatic hydroxyl groups excluding tert-OH is 1. The second kappa shape index (κ2) is 10.4. The molecule has 0 saturated carbocycles. The maximum Gasteiger partial charge on any atom is 0.280 e. The zero-order chi connectivity index (χ0) is 29.8. The standard InChI is InChI=1S/C30H34N8O4/c1-18(17-42-5)38-15-26(33-34-38)32-23-10-20(14-35(4)28(23)40)21-6-7-31-27(22(21)16-39)37-9-8-36-24(29(37)41)11-19-12-30(2,3)13-25(19)36/h6-11,14-15,18,32,39H,12-13,16-17H2,1-5H3. The third kappa shape index (κ3) is 4.72. The van der Waals surface area contributed by atoms with Crippen LogP contribution in [0.4, 0.5) is 11.5 Å². The highest BCUT2D eigenvalue weighted by Crippen LogP contribution is 2.37. The molecule has 42 heavy (non-hydrogen) atoms. The number of ether oxygens (including phenoxy) is 1. The summed E-state index contributed by atoms with van der Waals surface area (Å²) in [7, 11) is 3.27. The van der Waals surface area contributed by atoms with Crippen molar-refractivity contribution in [1.82, 2.24) is 33.5 Å². The van der Waals surface area contributed by atoms with Gasteiger partial charge in [-0.3, -0.25) is 14.2 Å². The molecule has 0 aliphatic heterocycles. The zero-order valence-corrected chi connectivity index (χ0v) is 24.3. The highest BCUT2D eigenvalue weighted by Gasteiger charge is 2.31. The van der Waals surface area contributed by atoms with Gasteiger partial charge in [-0.25, -0.2) is 9.67 Å². The van der Waals surface area contributed by atoms with Crippen molar-refractivity contribution in [2.45, 2.75) is 46.3 Å². The van der Waals surface area contributed by atoms with Crippen molar-refractivity contribution in [2.24, 2.45) is 12.5 Å². The Bertz CT molecular complexity index is 1930. The number of nitrogens with zero attached hydrogens (tertiary/aromatic N) is 7. The number of aromatic nitrogens is 7. The lowest BCUT2D eigenvalue weighted by molar-refractivity contribution is 0.156. The molecule has 0 spiro atoms. The molecule has 0 bridgehead atoms. The Labute approximate surface area is 241 Å². The molecule has 5 heterocycles. The quantitative estimate of drug-likeness (QED) is 0.291. The minimum Gasteiger partial charge on any atom is -0.392 e. The first kappa shape index (κ1) is 27.6. The number of aryl methyl sites for hydroxylation is 1. The molecule has 5 aromatic heterocycles. The molecule has 6 rings (SSSR count). The van der Waals surface area contributed by atoms with E-state index in [1.807, 2.05) is 23.6 Å². The van der Waals surface area contributed by atoms with Crippen molar-refractivity contribution < 1.29 is 9.84 Å². The van der Waals surface area contributed by atoms with Crippen LogP contribution in [0.5, 0.6) is 0 Å². The normalized spacial score (nSPS) is 14.8. The van der Waals surface area contributed by atoms with Gasteiger partial charge < -0.3 is 24.1 Å². The number of pyridine rings is 2. The molecule has 5 aromatic rings. The number of aliphatic hydroxyl groups is 1. The third-order valence-electron chi connectivity index (χ3n) is 7.90. The fourth-order valence-corrected chi connectivity index (χ4v) is 5.90. The predicted molar refractivity (Wildman–Crippen MR) is 158 cm³/mol. The average molecular weight is 571 g/mol. The predicted octanol–water partition coefficient (Wildman–Crippen LogP) is 3.01. The molecule has 1 atom stereocenters. The summed E-state index contributed by atoms with van der Waals surface area (Å²) in [6, 6.07) is 5.40. The number of hydrogen-bond acceptors (Lipinski definition) is 8. The second-order valence-electron chi connectivity index (χ2n) is 11.8. The van der Waals surface area contributed by atoms with E-state index >= 15 is 0 Å². The molecule has 0 aromatic carbocycles. The fourth-order valence-electron chi connectivity index (χ4n) is 5.90. The molecule has 12 nitrogen and oxygen atoms in total. The summed E-state index contributed by atoms with van der Waals surface area (Å²) in [5.41, 5.74) is 4.69. The number of fused-ring (bicyclic) bond motifs is 3. The lowest BCUT2D eigenvalue weighted by atomic mass is 9.90. The monoisotopic (exact) mass is 570 g/mol. The van der Waals surface area contributed by atoms with Gasteiger partial charge in [-0.05, 0) is 54.5 Å². The van der Waals surface area contributed by atoms with Gasteiger partial charge in [0.15, 0.2) is 5.82 Å². The van der Waals surface area contributed by atoms with Gasteiger partial charge >= 0.3 is 0 Å². The van der Waals surface area contributed by atoms with Gasteiger partial charge in [0.2, 0.25) is 0 Å². The van der Waals surface area contributed by atoms with Crippen LogP contribution in [0.1, 0.15) is 43.6 Å². The van der Waals surface area contributed by atoms with Crippen LogP contribution in [0, 0.1) is 5.41 Å². The Balaban J connectivity index is 1.40. The molecule has 0 radical (unpaired) electrons. The Morgan fingerprint density at radius 2 is 1.95 bits per heavy atom.